The Bertz CT molecular complexity index is 824. The molecule has 3 N–H and O–H groups in total. The molecular formula is C16H14N4O. The molecular weight excluding hydrogens is 264 g/mol. The van der Waals surface area contributed by atoms with Gasteiger partial charge in [0.2, 0.25) is 0 Å². The first-order valence-electron chi connectivity index (χ1n) is 6.52. The first-order valence-corrected chi connectivity index (χ1v) is 6.52. The molecule has 0 fully saturated rings. The van der Waals surface area contributed by atoms with Gasteiger partial charge in [-0.2, -0.15) is 0 Å². The van der Waals surface area contributed by atoms with Gasteiger partial charge in [0.1, 0.15) is 5.82 Å². The van der Waals surface area contributed by atoms with Crippen LogP contribution in [-0.4, -0.2) is 15.9 Å². The molecule has 0 atom stereocenters. The van der Waals surface area contributed by atoms with Crippen molar-refractivity contribution >= 4 is 28.3 Å². The lowest BCUT2D eigenvalue weighted by atomic mass is 10.1. The molecule has 3 aromatic rings. The van der Waals surface area contributed by atoms with Crippen molar-refractivity contribution in [2.45, 2.75) is 6.92 Å². The van der Waals surface area contributed by atoms with Crippen LogP contribution in [-0.2, 0) is 0 Å². The molecule has 0 aliphatic rings. The third-order valence-electron chi connectivity index (χ3n) is 3.23. The van der Waals surface area contributed by atoms with Crippen LogP contribution < -0.4 is 11.1 Å². The third kappa shape index (κ3) is 2.53. The second-order valence-corrected chi connectivity index (χ2v) is 4.76. The fourth-order valence-electron chi connectivity index (χ4n) is 2.20. The largest absolute Gasteiger partial charge is 0.397 e. The second-order valence-electron chi connectivity index (χ2n) is 4.76. The number of carbonyl (C=O) groups is 1. The summed E-state index contributed by atoms with van der Waals surface area (Å²) in [5.41, 5.74) is 8.40. The quantitative estimate of drug-likeness (QED) is 0.755. The SMILES string of the molecule is Cc1cc(N)cnc1NC(=O)c1ccnc2ccccc12. The fraction of sp³-hybridized carbons (Fsp3) is 0.0625. The summed E-state index contributed by atoms with van der Waals surface area (Å²) < 4.78 is 0. The molecule has 0 aliphatic carbocycles. The molecule has 5 heteroatoms. The number of fused-ring (bicyclic) bond motifs is 1. The normalized spacial score (nSPS) is 10.5. The highest BCUT2D eigenvalue weighted by Crippen LogP contribution is 2.19. The zero-order valence-electron chi connectivity index (χ0n) is 11.5. The van der Waals surface area contributed by atoms with Gasteiger partial charge in [0, 0.05) is 11.6 Å². The summed E-state index contributed by atoms with van der Waals surface area (Å²) in [5.74, 6) is 0.295. The molecule has 2 aromatic heterocycles. The van der Waals surface area contributed by atoms with Gasteiger partial charge >= 0.3 is 0 Å². The van der Waals surface area contributed by atoms with Gasteiger partial charge in [0.05, 0.1) is 23.0 Å². The molecule has 2 heterocycles. The highest BCUT2D eigenvalue weighted by Gasteiger charge is 2.12. The highest BCUT2D eigenvalue weighted by atomic mass is 16.1. The topological polar surface area (TPSA) is 80.9 Å². The Kier molecular flexibility index (Phi) is 3.23. The van der Waals surface area contributed by atoms with E-state index in [-0.39, 0.29) is 5.91 Å². The standard InChI is InChI=1S/C16H14N4O/c1-10-8-11(17)9-19-15(10)20-16(21)13-6-7-18-14-5-3-2-4-12(13)14/h2-9H,17H2,1H3,(H,19,20,21). The number of nitrogens with two attached hydrogens (primary N) is 1. The Morgan fingerprint density at radius 3 is 2.81 bits per heavy atom. The number of aryl methyl sites for hydroxylation is 1. The molecule has 1 aromatic carbocycles. The average molecular weight is 278 g/mol. The molecule has 0 saturated carbocycles. The summed E-state index contributed by atoms with van der Waals surface area (Å²) in [5, 5.41) is 3.62. The average Bonchev–Trinajstić information content (AvgIpc) is 2.49. The number of benzene rings is 1. The number of hydrogen-bond acceptors (Lipinski definition) is 4. The van der Waals surface area contributed by atoms with Crippen LogP contribution in [0.5, 0.6) is 0 Å². The Morgan fingerprint density at radius 2 is 2.00 bits per heavy atom. The van der Waals surface area contributed by atoms with Gasteiger partial charge in [-0.05, 0) is 30.7 Å². The summed E-state index contributed by atoms with van der Waals surface area (Å²) in [6.07, 6.45) is 3.15. The van der Waals surface area contributed by atoms with E-state index < -0.39 is 0 Å². The first kappa shape index (κ1) is 13.1. The van der Waals surface area contributed by atoms with E-state index in [4.69, 9.17) is 5.73 Å². The molecule has 0 unspecified atom stereocenters. The van der Waals surface area contributed by atoms with Crippen molar-refractivity contribution in [2.24, 2.45) is 0 Å². The van der Waals surface area contributed by atoms with Crippen molar-refractivity contribution in [2.75, 3.05) is 11.1 Å². The predicted octanol–water partition coefficient (Wildman–Crippen LogP) is 2.77. The van der Waals surface area contributed by atoms with Crippen molar-refractivity contribution in [3.8, 4) is 0 Å². The molecule has 1 amide bonds. The van der Waals surface area contributed by atoms with Gasteiger partial charge in [0.15, 0.2) is 0 Å². The number of amides is 1. The van der Waals surface area contributed by atoms with E-state index in [0.29, 0.717) is 17.1 Å². The minimum absolute atomic E-state index is 0.214. The molecule has 0 bridgehead atoms. The maximum absolute atomic E-state index is 12.5. The van der Waals surface area contributed by atoms with Crippen LogP contribution in [0.4, 0.5) is 11.5 Å². The van der Waals surface area contributed by atoms with E-state index in [9.17, 15) is 4.79 Å². The van der Waals surface area contributed by atoms with Crippen molar-refractivity contribution in [1.29, 1.82) is 0 Å². The van der Waals surface area contributed by atoms with Crippen LogP contribution in [0, 0.1) is 6.92 Å². The number of carbonyl (C=O) groups excluding carboxylic acids is 1. The number of para-hydroxylation sites is 1. The van der Waals surface area contributed by atoms with Crippen LogP contribution in [0.2, 0.25) is 0 Å². The number of hydrogen-bond donors (Lipinski definition) is 2. The maximum Gasteiger partial charge on any atom is 0.257 e. The lowest BCUT2D eigenvalue weighted by Crippen LogP contribution is -2.14. The fourth-order valence-corrected chi connectivity index (χ4v) is 2.20. The smallest absolute Gasteiger partial charge is 0.257 e. The maximum atomic E-state index is 12.5. The minimum atomic E-state index is -0.214. The third-order valence-corrected chi connectivity index (χ3v) is 3.23. The van der Waals surface area contributed by atoms with E-state index >= 15 is 0 Å². The predicted molar refractivity (Wildman–Crippen MR) is 83.1 cm³/mol. The zero-order chi connectivity index (χ0) is 14.8. The highest BCUT2D eigenvalue weighted by molar-refractivity contribution is 6.12. The summed E-state index contributed by atoms with van der Waals surface area (Å²) in [7, 11) is 0. The molecule has 5 nitrogen and oxygen atoms in total. The van der Waals surface area contributed by atoms with Gasteiger partial charge in [-0.1, -0.05) is 18.2 Å². The molecule has 21 heavy (non-hydrogen) atoms. The number of anilines is 2. The number of pyridine rings is 2. The van der Waals surface area contributed by atoms with Gasteiger partial charge in [-0.3, -0.25) is 9.78 Å². The molecule has 0 saturated heterocycles. The van der Waals surface area contributed by atoms with Crippen LogP contribution in [0.25, 0.3) is 10.9 Å². The van der Waals surface area contributed by atoms with Crippen LogP contribution in [0.15, 0.2) is 48.8 Å². The summed E-state index contributed by atoms with van der Waals surface area (Å²) in [4.78, 5) is 20.9. The Hall–Kier alpha value is -2.95. The van der Waals surface area contributed by atoms with E-state index in [2.05, 4.69) is 15.3 Å². The molecule has 0 aliphatic heterocycles. The van der Waals surface area contributed by atoms with E-state index in [1.54, 1.807) is 18.3 Å². The van der Waals surface area contributed by atoms with Crippen molar-refractivity contribution in [3.05, 3.63) is 59.9 Å². The number of aromatic nitrogens is 2. The number of nitrogens with zero attached hydrogens (tertiary/aromatic N) is 2. The van der Waals surface area contributed by atoms with E-state index in [1.165, 1.54) is 6.20 Å². The molecule has 0 radical (unpaired) electrons. The van der Waals surface area contributed by atoms with Crippen molar-refractivity contribution in [1.82, 2.24) is 9.97 Å². The van der Waals surface area contributed by atoms with Gasteiger partial charge in [-0.15, -0.1) is 0 Å². The Labute approximate surface area is 121 Å². The summed E-state index contributed by atoms with van der Waals surface area (Å²) in [6, 6.07) is 11.0. The lowest BCUT2D eigenvalue weighted by Gasteiger charge is -2.09. The van der Waals surface area contributed by atoms with Crippen LogP contribution >= 0.6 is 0 Å². The Morgan fingerprint density at radius 1 is 1.19 bits per heavy atom. The molecule has 3 rings (SSSR count). The second kappa shape index (κ2) is 5.20. The zero-order valence-corrected chi connectivity index (χ0v) is 11.5. The van der Waals surface area contributed by atoms with E-state index in [1.807, 2.05) is 31.2 Å². The monoisotopic (exact) mass is 278 g/mol. The number of nitrogen functional groups attached to an aromatic ring is 1. The molecule has 104 valence electrons. The first-order chi connectivity index (χ1) is 10.1. The lowest BCUT2D eigenvalue weighted by molar-refractivity contribution is 0.102. The Balaban J connectivity index is 1.97. The van der Waals surface area contributed by atoms with Crippen molar-refractivity contribution < 1.29 is 4.79 Å². The van der Waals surface area contributed by atoms with Gasteiger partial charge in [-0.25, -0.2) is 4.98 Å². The van der Waals surface area contributed by atoms with E-state index in [0.717, 1.165) is 16.5 Å². The van der Waals surface area contributed by atoms with Gasteiger partial charge < -0.3 is 11.1 Å². The van der Waals surface area contributed by atoms with Crippen molar-refractivity contribution in [3.63, 3.8) is 0 Å². The van der Waals surface area contributed by atoms with Crippen LogP contribution in [0.3, 0.4) is 0 Å². The van der Waals surface area contributed by atoms with Gasteiger partial charge in [0.25, 0.3) is 5.91 Å². The number of nitrogens with one attached hydrogen (secondary N) is 1. The molecule has 0 spiro atoms. The minimum Gasteiger partial charge on any atom is -0.397 e. The summed E-state index contributed by atoms with van der Waals surface area (Å²) in [6.45, 7) is 1.85. The summed E-state index contributed by atoms with van der Waals surface area (Å²) >= 11 is 0. The number of rotatable bonds is 2. The van der Waals surface area contributed by atoms with Crippen LogP contribution in [0.1, 0.15) is 15.9 Å².